The molecule has 0 atom stereocenters. The monoisotopic (exact) mass is 466 g/mol. The molecule has 7 nitrogen and oxygen atoms in total. The molecule has 1 aliphatic rings. The van der Waals surface area contributed by atoms with Crippen LogP contribution in [-0.4, -0.2) is 38.7 Å². The predicted molar refractivity (Wildman–Crippen MR) is 127 cm³/mol. The largest absolute Gasteiger partial charge is 0.497 e. The van der Waals surface area contributed by atoms with Crippen molar-refractivity contribution in [2.75, 3.05) is 37.1 Å². The minimum Gasteiger partial charge on any atom is -0.497 e. The number of hydrogen-bond donors (Lipinski definition) is 1. The second-order valence-corrected chi connectivity index (χ2v) is 7.79. The van der Waals surface area contributed by atoms with Gasteiger partial charge < -0.3 is 24.4 Å². The summed E-state index contributed by atoms with van der Waals surface area (Å²) >= 11 is 5.89. The first-order valence-corrected chi connectivity index (χ1v) is 10.8. The number of carbonyl (C=O) groups excluding carboxylic acids is 2. The highest BCUT2D eigenvalue weighted by Gasteiger charge is 2.25. The summed E-state index contributed by atoms with van der Waals surface area (Å²) in [6.45, 7) is 0.877. The molecule has 3 aromatic carbocycles. The summed E-state index contributed by atoms with van der Waals surface area (Å²) < 4.78 is 16.5. The molecule has 0 radical (unpaired) electrons. The van der Waals surface area contributed by atoms with E-state index in [0.717, 1.165) is 11.5 Å². The van der Waals surface area contributed by atoms with Crippen molar-refractivity contribution in [3.8, 4) is 17.2 Å². The average molecular weight is 467 g/mol. The van der Waals surface area contributed by atoms with Crippen molar-refractivity contribution in [1.29, 1.82) is 0 Å². The first-order chi connectivity index (χ1) is 16.0. The number of halogens is 1. The topological polar surface area (TPSA) is 77.1 Å². The van der Waals surface area contributed by atoms with E-state index in [1.54, 1.807) is 54.5 Å². The first kappa shape index (κ1) is 22.5. The van der Waals surface area contributed by atoms with Gasteiger partial charge in [0.1, 0.15) is 17.2 Å². The number of nitrogens with one attached hydrogen (secondary N) is 1. The van der Waals surface area contributed by atoms with Crippen LogP contribution < -0.4 is 24.4 Å². The van der Waals surface area contributed by atoms with Gasteiger partial charge in [0.05, 0.1) is 19.4 Å². The number of nitrogens with zero attached hydrogens (tertiary/aromatic N) is 1. The number of fused-ring (bicyclic) bond motifs is 1. The molecule has 0 aromatic heterocycles. The van der Waals surface area contributed by atoms with Gasteiger partial charge in [-0.05, 0) is 73.2 Å². The Morgan fingerprint density at radius 3 is 2.52 bits per heavy atom. The van der Waals surface area contributed by atoms with E-state index in [9.17, 15) is 9.59 Å². The van der Waals surface area contributed by atoms with Crippen molar-refractivity contribution >= 4 is 34.8 Å². The van der Waals surface area contributed by atoms with E-state index in [1.807, 2.05) is 24.3 Å². The molecule has 170 valence electrons. The number of methoxy groups -OCH3 is 1. The van der Waals surface area contributed by atoms with Crippen LogP contribution in [0.5, 0.6) is 17.2 Å². The van der Waals surface area contributed by atoms with Gasteiger partial charge in [-0.3, -0.25) is 9.59 Å². The molecule has 0 saturated carbocycles. The number of ether oxygens (including phenoxy) is 3. The highest BCUT2D eigenvalue weighted by molar-refractivity contribution is 6.30. The second-order valence-electron chi connectivity index (χ2n) is 7.36. The van der Waals surface area contributed by atoms with Crippen LogP contribution in [0.4, 0.5) is 11.4 Å². The van der Waals surface area contributed by atoms with Crippen molar-refractivity contribution in [3.63, 3.8) is 0 Å². The van der Waals surface area contributed by atoms with Crippen molar-refractivity contribution in [2.45, 2.75) is 6.42 Å². The van der Waals surface area contributed by atoms with Gasteiger partial charge in [0.15, 0.2) is 6.61 Å². The van der Waals surface area contributed by atoms with Crippen molar-refractivity contribution < 1.29 is 23.8 Å². The Kier molecular flexibility index (Phi) is 7.00. The molecule has 1 aliphatic heterocycles. The highest BCUT2D eigenvalue weighted by atomic mass is 35.5. The van der Waals surface area contributed by atoms with Gasteiger partial charge in [-0.15, -0.1) is 0 Å². The van der Waals surface area contributed by atoms with Crippen LogP contribution in [0, 0.1) is 0 Å². The fourth-order valence-corrected chi connectivity index (χ4v) is 3.54. The zero-order valence-electron chi connectivity index (χ0n) is 18.0. The van der Waals surface area contributed by atoms with Crippen molar-refractivity contribution in [2.24, 2.45) is 0 Å². The summed E-state index contributed by atoms with van der Waals surface area (Å²) in [7, 11) is 1.61. The number of amides is 2. The van der Waals surface area contributed by atoms with E-state index >= 15 is 0 Å². The lowest BCUT2D eigenvalue weighted by Gasteiger charge is -2.30. The molecule has 0 unspecified atom stereocenters. The number of rotatable bonds is 8. The third-order valence-electron chi connectivity index (χ3n) is 5.12. The maximum atomic E-state index is 12.5. The minimum absolute atomic E-state index is 0.0250. The van der Waals surface area contributed by atoms with Crippen LogP contribution in [-0.2, 0) is 4.79 Å². The van der Waals surface area contributed by atoms with Gasteiger partial charge in [-0.1, -0.05) is 11.6 Å². The third kappa shape index (κ3) is 5.56. The van der Waals surface area contributed by atoms with Gasteiger partial charge in [0.25, 0.3) is 11.8 Å². The zero-order chi connectivity index (χ0) is 23.2. The summed E-state index contributed by atoms with van der Waals surface area (Å²) in [5.41, 5.74) is 1.66. The van der Waals surface area contributed by atoms with Crippen LogP contribution in [0.1, 0.15) is 16.8 Å². The molecule has 2 amide bonds. The molecule has 1 heterocycles. The summed E-state index contributed by atoms with van der Waals surface area (Å²) in [6.07, 6.45) is 0.624. The van der Waals surface area contributed by atoms with Gasteiger partial charge in [-0.2, -0.15) is 0 Å². The molecule has 0 bridgehead atoms. The lowest BCUT2D eigenvalue weighted by atomic mass is 10.1. The molecule has 0 saturated heterocycles. The van der Waals surface area contributed by atoms with E-state index in [4.69, 9.17) is 25.8 Å². The normalized spacial score (nSPS) is 12.5. The Labute approximate surface area is 196 Å². The smallest absolute Gasteiger partial charge is 0.265 e. The maximum Gasteiger partial charge on any atom is 0.265 e. The minimum atomic E-state index is -0.269. The molecule has 0 aliphatic carbocycles. The van der Waals surface area contributed by atoms with Crippen LogP contribution in [0.3, 0.4) is 0 Å². The Bertz CT molecular complexity index is 1130. The number of hydrogen-bond acceptors (Lipinski definition) is 5. The molecule has 0 spiro atoms. The SMILES string of the molecule is COc1ccc(OCCCN2C(=O)COc3ccc(NC(=O)c4ccc(Cl)cc4)cc32)cc1. The number of benzene rings is 3. The summed E-state index contributed by atoms with van der Waals surface area (Å²) in [4.78, 5) is 26.7. The average Bonchev–Trinajstić information content (AvgIpc) is 2.83. The standard InChI is InChI=1S/C25H23ClN2O5/c1-31-20-8-10-21(11-9-20)32-14-2-13-28-22-15-19(7-12-23(22)33-16-24(28)29)27-25(30)17-3-5-18(26)6-4-17/h3-12,15H,2,13-14,16H2,1H3,(H,27,30). The van der Waals surface area contributed by atoms with Gasteiger partial charge in [0, 0.05) is 22.8 Å². The molecular weight excluding hydrogens is 444 g/mol. The summed E-state index contributed by atoms with van der Waals surface area (Å²) in [5, 5.41) is 3.41. The van der Waals surface area contributed by atoms with Crippen LogP contribution in [0.25, 0.3) is 0 Å². The van der Waals surface area contributed by atoms with E-state index in [-0.39, 0.29) is 18.4 Å². The van der Waals surface area contributed by atoms with E-state index < -0.39 is 0 Å². The maximum absolute atomic E-state index is 12.5. The molecule has 0 fully saturated rings. The first-order valence-electron chi connectivity index (χ1n) is 10.4. The summed E-state index contributed by atoms with van der Waals surface area (Å²) in [6, 6.07) is 19.2. The Morgan fingerprint density at radius 2 is 1.79 bits per heavy atom. The van der Waals surface area contributed by atoms with Crippen molar-refractivity contribution in [3.05, 3.63) is 77.3 Å². The second kappa shape index (κ2) is 10.3. The molecular formula is C25H23ClN2O5. The zero-order valence-corrected chi connectivity index (χ0v) is 18.8. The number of carbonyl (C=O) groups is 2. The fraction of sp³-hybridized carbons (Fsp3) is 0.200. The van der Waals surface area contributed by atoms with Crippen molar-refractivity contribution in [1.82, 2.24) is 0 Å². The highest BCUT2D eigenvalue weighted by Crippen LogP contribution is 2.35. The quantitative estimate of drug-likeness (QED) is 0.483. The van der Waals surface area contributed by atoms with E-state index in [1.165, 1.54) is 0 Å². The Hall–Kier alpha value is -3.71. The van der Waals surface area contributed by atoms with Gasteiger partial charge in [0.2, 0.25) is 0 Å². The fourth-order valence-electron chi connectivity index (χ4n) is 3.41. The molecule has 33 heavy (non-hydrogen) atoms. The van der Waals surface area contributed by atoms with Gasteiger partial charge >= 0.3 is 0 Å². The summed E-state index contributed by atoms with van der Waals surface area (Å²) in [5.74, 6) is 1.67. The Morgan fingerprint density at radius 1 is 1.06 bits per heavy atom. The van der Waals surface area contributed by atoms with Gasteiger partial charge in [-0.25, -0.2) is 0 Å². The predicted octanol–water partition coefficient (Wildman–Crippen LogP) is 4.80. The Balaban J connectivity index is 1.39. The van der Waals surface area contributed by atoms with Crippen LogP contribution in [0.15, 0.2) is 66.7 Å². The lowest BCUT2D eigenvalue weighted by molar-refractivity contribution is -0.121. The molecule has 8 heteroatoms. The van der Waals surface area contributed by atoms with Crippen LogP contribution in [0.2, 0.25) is 5.02 Å². The van der Waals surface area contributed by atoms with Crippen LogP contribution >= 0.6 is 11.6 Å². The van der Waals surface area contributed by atoms with E-state index in [2.05, 4.69) is 5.32 Å². The molecule has 1 N–H and O–H groups in total. The molecule has 3 aromatic rings. The number of anilines is 2. The van der Waals surface area contributed by atoms with E-state index in [0.29, 0.717) is 47.3 Å². The third-order valence-corrected chi connectivity index (χ3v) is 5.37. The lowest BCUT2D eigenvalue weighted by Crippen LogP contribution is -2.39. The molecule has 4 rings (SSSR count).